The number of H-pyrrole nitrogens is 1. The molecule has 0 aromatic carbocycles. The van der Waals surface area contributed by atoms with Crippen LogP contribution in [-0.2, 0) is 6.18 Å². The first-order valence-corrected chi connectivity index (χ1v) is 5.20. The van der Waals surface area contributed by atoms with Gasteiger partial charge < -0.3 is 4.98 Å². The Hall–Kier alpha value is -1.76. The summed E-state index contributed by atoms with van der Waals surface area (Å²) in [4.78, 5) is 5.89. The predicted octanol–water partition coefficient (Wildman–Crippen LogP) is 3.96. The topological polar surface area (TPSA) is 28.7 Å². The van der Waals surface area contributed by atoms with Crippen molar-refractivity contribution in [1.82, 2.24) is 9.97 Å². The molecule has 0 spiro atoms. The Kier molecular flexibility index (Phi) is 3.16. The molecule has 0 saturated carbocycles. The van der Waals surface area contributed by atoms with Crippen molar-refractivity contribution in [1.29, 1.82) is 0 Å². The van der Waals surface area contributed by atoms with E-state index in [-0.39, 0.29) is 4.51 Å². The maximum absolute atomic E-state index is 12.9. The van der Waals surface area contributed by atoms with Crippen LogP contribution in [-0.4, -0.2) is 9.97 Å². The lowest BCUT2D eigenvalue weighted by Gasteiger charge is -2.06. The van der Waals surface area contributed by atoms with E-state index in [1.54, 1.807) is 0 Å². The van der Waals surface area contributed by atoms with Crippen LogP contribution >= 0.6 is 12.2 Å². The molecule has 94 valence electrons. The number of aromatic amines is 1. The lowest BCUT2D eigenvalue weighted by molar-refractivity contribution is -0.141. The molecule has 2 rings (SSSR count). The third kappa shape index (κ3) is 2.56. The molecule has 7 heteroatoms. The van der Waals surface area contributed by atoms with Crippen molar-refractivity contribution in [3.8, 4) is 11.3 Å². The zero-order valence-corrected chi connectivity index (χ0v) is 9.57. The summed E-state index contributed by atoms with van der Waals surface area (Å²) in [5.74, 6) is -0.589. The Morgan fingerprint density at radius 3 is 2.44 bits per heavy atom. The SMILES string of the molecule is Fc1c[nH]c(-c2ccc(C(F)(F)F)nc2)cc1=S. The summed E-state index contributed by atoms with van der Waals surface area (Å²) >= 11 is 4.73. The summed E-state index contributed by atoms with van der Waals surface area (Å²) in [6.07, 6.45) is -2.37. The average molecular weight is 274 g/mol. The summed E-state index contributed by atoms with van der Waals surface area (Å²) in [5.41, 5.74) is -0.177. The number of pyridine rings is 2. The maximum Gasteiger partial charge on any atom is 0.433 e. The van der Waals surface area contributed by atoms with Gasteiger partial charge in [0.15, 0.2) is 5.82 Å². The monoisotopic (exact) mass is 274 g/mol. The molecule has 2 heterocycles. The number of hydrogen-bond acceptors (Lipinski definition) is 2. The molecule has 0 aliphatic carbocycles. The Bertz CT molecular complexity index is 616. The highest BCUT2D eigenvalue weighted by atomic mass is 32.1. The lowest BCUT2D eigenvalue weighted by Crippen LogP contribution is -2.07. The van der Waals surface area contributed by atoms with Crippen molar-refractivity contribution >= 4 is 12.2 Å². The van der Waals surface area contributed by atoms with E-state index < -0.39 is 17.7 Å². The van der Waals surface area contributed by atoms with Gasteiger partial charge in [0.1, 0.15) is 5.69 Å². The van der Waals surface area contributed by atoms with Gasteiger partial charge in [0.05, 0.1) is 4.51 Å². The van der Waals surface area contributed by atoms with Gasteiger partial charge in [0.25, 0.3) is 0 Å². The van der Waals surface area contributed by atoms with Crippen molar-refractivity contribution < 1.29 is 17.6 Å². The number of rotatable bonds is 1. The highest BCUT2D eigenvalue weighted by Gasteiger charge is 2.32. The molecule has 0 radical (unpaired) electrons. The van der Waals surface area contributed by atoms with E-state index in [1.807, 2.05) is 0 Å². The third-order valence-electron chi connectivity index (χ3n) is 2.23. The quantitative estimate of drug-likeness (QED) is 0.629. The zero-order valence-electron chi connectivity index (χ0n) is 8.75. The molecular formula is C11H6F4N2S. The number of halogens is 4. The molecule has 0 bridgehead atoms. The third-order valence-corrected chi connectivity index (χ3v) is 2.54. The van der Waals surface area contributed by atoms with Crippen LogP contribution in [0.4, 0.5) is 17.6 Å². The molecule has 0 aliphatic rings. The number of nitrogens with zero attached hydrogens (tertiary/aromatic N) is 1. The van der Waals surface area contributed by atoms with Crippen LogP contribution < -0.4 is 0 Å². The van der Waals surface area contributed by atoms with Crippen molar-refractivity contribution in [2.75, 3.05) is 0 Å². The maximum atomic E-state index is 12.9. The highest BCUT2D eigenvalue weighted by Crippen LogP contribution is 2.28. The van der Waals surface area contributed by atoms with Crippen molar-refractivity contribution in [3.63, 3.8) is 0 Å². The second-order valence-electron chi connectivity index (χ2n) is 3.49. The molecule has 1 N–H and O–H groups in total. The van der Waals surface area contributed by atoms with Gasteiger partial charge in [-0.3, -0.25) is 4.98 Å². The van der Waals surface area contributed by atoms with Gasteiger partial charge >= 0.3 is 6.18 Å². The molecule has 0 saturated heterocycles. The first-order valence-electron chi connectivity index (χ1n) is 4.80. The summed E-state index contributed by atoms with van der Waals surface area (Å²) in [7, 11) is 0. The smallest absolute Gasteiger partial charge is 0.359 e. The van der Waals surface area contributed by atoms with Gasteiger partial charge in [-0.2, -0.15) is 13.2 Å². The normalized spacial score (nSPS) is 11.6. The predicted molar refractivity (Wildman–Crippen MR) is 59.8 cm³/mol. The molecule has 0 unspecified atom stereocenters. The van der Waals surface area contributed by atoms with Crippen LogP contribution in [0.2, 0.25) is 0 Å². The summed E-state index contributed by atoms with van der Waals surface area (Å²) in [6.45, 7) is 0. The van der Waals surface area contributed by atoms with Crippen molar-refractivity contribution in [2.45, 2.75) is 6.18 Å². The van der Waals surface area contributed by atoms with E-state index in [0.29, 0.717) is 11.3 Å². The second-order valence-corrected chi connectivity index (χ2v) is 3.93. The van der Waals surface area contributed by atoms with E-state index >= 15 is 0 Å². The minimum atomic E-state index is -4.48. The number of aromatic nitrogens is 2. The standard InChI is InChI=1S/C11H6F4N2S/c12-7-5-16-8(3-9(7)18)6-1-2-10(17-4-6)11(13,14)15/h1-5H,(H,16,18). The minimum absolute atomic E-state index is 0.0105. The summed E-state index contributed by atoms with van der Waals surface area (Å²) < 4.78 is 49.8. The zero-order chi connectivity index (χ0) is 13.3. The van der Waals surface area contributed by atoms with E-state index in [0.717, 1.165) is 18.5 Å². The molecule has 2 nitrogen and oxygen atoms in total. The Morgan fingerprint density at radius 2 is 1.94 bits per heavy atom. The summed E-state index contributed by atoms with van der Waals surface area (Å²) in [5, 5.41) is 0. The first kappa shape index (κ1) is 12.7. The van der Waals surface area contributed by atoms with E-state index in [4.69, 9.17) is 12.2 Å². The van der Waals surface area contributed by atoms with Gasteiger partial charge in [0, 0.05) is 23.7 Å². The van der Waals surface area contributed by atoms with Gasteiger partial charge in [0.2, 0.25) is 0 Å². The fourth-order valence-electron chi connectivity index (χ4n) is 1.34. The Balaban J connectivity index is 2.40. The van der Waals surface area contributed by atoms with Crippen LogP contribution in [0.3, 0.4) is 0 Å². The molecular weight excluding hydrogens is 268 g/mol. The summed E-state index contributed by atoms with van der Waals surface area (Å²) in [6, 6.07) is 3.43. The Morgan fingerprint density at radius 1 is 1.22 bits per heavy atom. The fourth-order valence-corrected chi connectivity index (χ4v) is 1.52. The van der Waals surface area contributed by atoms with Crippen LogP contribution in [0.25, 0.3) is 11.3 Å². The van der Waals surface area contributed by atoms with E-state index in [2.05, 4.69) is 9.97 Å². The van der Waals surface area contributed by atoms with E-state index in [9.17, 15) is 17.6 Å². The molecule has 0 fully saturated rings. The minimum Gasteiger partial charge on any atom is -0.359 e. The molecule has 18 heavy (non-hydrogen) atoms. The van der Waals surface area contributed by atoms with Crippen LogP contribution in [0.5, 0.6) is 0 Å². The number of nitrogens with one attached hydrogen (secondary N) is 1. The molecule has 0 atom stereocenters. The largest absolute Gasteiger partial charge is 0.433 e. The fraction of sp³-hybridized carbons (Fsp3) is 0.0909. The molecule has 0 aliphatic heterocycles. The Labute approximate surface area is 104 Å². The van der Waals surface area contributed by atoms with Crippen LogP contribution in [0.1, 0.15) is 5.69 Å². The lowest BCUT2D eigenvalue weighted by atomic mass is 10.2. The van der Waals surface area contributed by atoms with Gasteiger partial charge in [-0.25, -0.2) is 4.39 Å². The van der Waals surface area contributed by atoms with Gasteiger partial charge in [-0.1, -0.05) is 12.2 Å². The van der Waals surface area contributed by atoms with Crippen molar-refractivity contribution in [2.24, 2.45) is 0 Å². The molecule has 2 aromatic rings. The second kappa shape index (κ2) is 4.49. The van der Waals surface area contributed by atoms with Crippen LogP contribution in [0.15, 0.2) is 30.6 Å². The van der Waals surface area contributed by atoms with Gasteiger partial charge in [-0.15, -0.1) is 0 Å². The van der Waals surface area contributed by atoms with Gasteiger partial charge in [-0.05, 0) is 18.2 Å². The van der Waals surface area contributed by atoms with Crippen LogP contribution in [0, 0.1) is 10.3 Å². The van der Waals surface area contributed by atoms with Crippen molar-refractivity contribution in [3.05, 3.63) is 46.6 Å². The number of alkyl halides is 3. The molecule has 2 aromatic heterocycles. The average Bonchev–Trinajstić information content (AvgIpc) is 2.32. The van der Waals surface area contributed by atoms with E-state index in [1.165, 1.54) is 12.1 Å². The number of hydrogen-bond donors (Lipinski definition) is 1. The first-order chi connectivity index (χ1) is 8.38. The molecule has 0 amide bonds. The highest BCUT2D eigenvalue weighted by molar-refractivity contribution is 7.71.